The molecule has 0 bridgehead atoms. The molecule has 1 aromatic carbocycles. The minimum Gasteiger partial charge on any atom is -0.487 e. The van der Waals surface area contributed by atoms with Crippen LogP contribution in [0.4, 0.5) is 0 Å². The van der Waals surface area contributed by atoms with Gasteiger partial charge in [-0.05, 0) is 42.8 Å². The van der Waals surface area contributed by atoms with Crippen LogP contribution in [0.3, 0.4) is 0 Å². The number of fused-ring (bicyclic) bond motifs is 1. The van der Waals surface area contributed by atoms with E-state index in [9.17, 15) is 4.79 Å². The normalized spacial score (nSPS) is 10.9. The van der Waals surface area contributed by atoms with Crippen LogP contribution in [0, 0.1) is 6.92 Å². The van der Waals surface area contributed by atoms with Gasteiger partial charge in [0.2, 0.25) is 0 Å². The fourth-order valence-electron chi connectivity index (χ4n) is 2.61. The summed E-state index contributed by atoms with van der Waals surface area (Å²) < 4.78 is 8.71. The van der Waals surface area contributed by atoms with Gasteiger partial charge >= 0.3 is 5.69 Å². The van der Waals surface area contributed by atoms with Crippen LogP contribution < -0.4 is 10.4 Å². The number of hydrogen-bond donors (Lipinski definition) is 0. The van der Waals surface area contributed by atoms with E-state index in [1.807, 2.05) is 49.4 Å². The van der Waals surface area contributed by atoms with Gasteiger partial charge in [-0.3, -0.25) is 8.97 Å². The van der Waals surface area contributed by atoms with Crippen molar-refractivity contribution >= 4 is 5.65 Å². The van der Waals surface area contributed by atoms with Crippen LogP contribution in [0.1, 0.15) is 11.3 Å². The van der Waals surface area contributed by atoms with Gasteiger partial charge < -0.3 is 4.74 Å². The van der Waals surface area contributed by atoms with Gasteiger partial charge in [0.25, 0.3) is 0 Å². The van der Waals surface area contributed by atoms with Gasteiger partial charge in [-0.15, -0.1) is 0 Å². The summed E-state index contributed by atoms with van der Waals surface area (Å²) in [7, 11) is 0. The SMILES string of the molecule is Cc1ccnc(-n2ccc3nc(COc4ccccc4)cn3c2=O)c1. The zero-order valence-corrected chi connectivity index (χ0v) is 13.7. The third kappa shape index (κ3) is 3.01. The van der Waals surface area contributed by atoms with Crippen molar-refractivity contribution in [1.82, 2.24) is 18.9 Å². The molecular weight excluding hydrogens is 316 g/mol. The third-order valence-corrected chi connectivity index (χ3v) is 3.85. The number of benzene rings is 1. The molecule has 6 heteroatoms. The second-order valence-electron chi connectivity index (χ2n) is 5.72. The average molecular weight is 332 g/mol. The molecule has 0 radical (unpaired) electrons. The van der Waals surface area contributed by atoms with Gasteiger partial charge in [0, 0.05) is 18.6 Å². The van der Waals surface area contributed by atoms with Gasteiger partial charge in [-0.1, -0.05) is 18.2 Å². The Labute approximate surface area is 144 Å². The molecule has 3 heterocycles. The van der Waals surface area contributed by atoms with Crippen LogP contribution >= 0.6 is 0 Å². The number of nitrogens with zero attached hydrogens (tertiary/aromatic N) is 4. The van der Waals surface area contributed by atoms with Crippen molar-refractivity contribution in [2.24, 2.45) is 0 Å². The highest BCUT2D eigenvalue weighted by Gasteiger charge is 2.09. The molecule has 0 atom stereocenters. The number of imidazole rings is 1. The number of aromatic nitrogens is 4. The van der Waals surface area contributed by atoms with E-state index in [0.717, 1.165) is 11.3 Å². The van der Waals surface area contributed by atoms with E-state index in [1.165, 1.54) is 8.97 Å². The summed E-state index contributed by atoms with van der Waals surface area (Å²) in [6.07, 6.45) is 5.08. The lowest BCUT2D eigenvalue weighted by Gasteiger charge is -2.05. The minimum absolute atomic E-state index is 0.214. The lowest BCUT2D eigenvalue weighted by molar-refractivity contribution is 0.302. The van der Waals surface area contributed by atoms with Crippen molar-refractivity contribution in [1.29, 1.82) is 0 Å². The highest BCUT2D eigenvalue weighted by atomic mass is 16.5. The maximum absolute atomic E-state index is 12.7. The average Bonchev–Trinajstić information content (AvgIpc) is 3.05. The van der Waals surface area contributed by atoms with Crippen LogP contribution in [-0.2, 0) is 6.61 Å². The molecule has 6 nitrogen and oxygen atoms in total. The molecule has 3 aromatic heterocycles. The molecule has 0 aliphatic rings. The highest BCUT2D eigenvalue weighted by Crippen LogP contribution is 2.12. The van der Waals surface area contributed by atoms with E-state index in [1.54, 1.807) is 24.7 Å². The monoisotopic (exact) mass is 332 g/mol. The molecule has 0 aliphatic heterocycles. The number of para-hydroxylation sites is 1. The molecule has 0 unspecified atom stereocenters. The van der Waals surface area contributed by atoms with Crippen molar-refractivity contribution in [3.63, 3.8) is 0 Å². The van der Waals surface area contributed by atoms with E-state index in [4.69, 9.17) is 4.74 Å². The molecule has 0 spiro atoms. The fourth-order valence-corrected chi connectivity index (χ4v) is 2.61. The summed E-state index contributed by atoms with van der Waals surface area (Å²) in [5.74, 6) is 1.35. The molecule has 4 rings (SSSR count). The fraction of sp³-hybridized carbons (Fsp3) is 0.105. The predicted molar refractivity (Wildman–Crippen MR) is 94.1 cm³/mol. The largest absolute Gasteiger partial charge is 0.487 e. The molecule has 4 aromatic rings. The van der Waals surface area contributed by atoms with Gasteiger partial charge in [0.1, 0.15) is 23.8 Å². The number of aryl methyl sites for hydroxylation is 1. The second kappa shape index (κ2) is 6.24. The van der Waals surface area contributed by atoms with Crippen LogP contribution in [0.25, 0.3) is 11.5 Å². The first kappa shape index (κ1) is 15.1. The maximum Gasteiger partial charge on any atom is 0.339 e. The molecule has 0 fully saturated rings. The molecule has 0 saturated heterocycles. The molecule has 25 heavy (non-hydrogen) atoms. The number of hydrogen-bond acceptors (Lipinski definition) is 4. The number of ether oxygens (including phenoxy) is 1. The van der Waals surface area contributed by atoms with Crippen molar-refractivity contribution in [3.8, 4) is 11.6 Å². The summed E-state index contributed by atoms with van der Waals surface area (Å²) >= 11 is 0. The Balaban J connectivity index is 1.67. The summed E-state index contributed by atoms with van der Waals surface area (Å²) in [5.41, 5.74) is 2.10. The quantitative estimate of drug-likeness (QED) is 0.576. The van der Waals surface area contributed by atoms with Crippen LogP contribution in [-0.4, -0.2) is 18.9 Å². The van der Waals surface area contributed by atoms with Crippen LogP contribution in [0.2, 0.25) is 0 Å². The van der Waals surface area contributed by atoms with Crippen molar-refractivity contribution in [3.05, 3.63) is 88.9 Å². The summed E-state index contributed by atoms with van der Waals surface area (Å²) in [6, 6.07) is 15.1. The first-order valence-corrected chi connectivity index (χ1v) is 7.91. The molecule has 0 saturated carbocycles. The van der Waals surface area contributed by atoms with Gasteiger partial charge in [0.15, 0.2) is 0 Å². The van der Waals surface area contributed by atoms with Gasteiger partial charge in [0.05, 0.1) is 5.69 Å². The summed E-state index contributed by atoms with van der Waals surface area (Å²) in [6.45, 7) is 2.26. The smallest absolute Gasteiger partial charge is 0.339 e. The van der Waals surface area contributed by atoms with Crippen molar-refractivity contribution in [2.45, 2.75) is 13.5 Å². The zero-order chi connectivity index (χ0) is 17.2. The first-order valence-electron chi connectivity index (χ1n) is 7.91. The standard InChI is InChI=1S/C19H16N4O2/c1-14-7-9-20-18(11-14)22-10-8-17-21-15(12-23(17)19(22)24)13-25-16-5-3-2-4-6-16/h2-12H,13H2,1H3. The van der Waals surface area contributed by atoms with E-state index in [2.05, 4.69) is 9.97 Å². The molecule has 0 amide bonds. The lowest BCUT2D eigenvalue weighted by Crippen LogP contribution is -2.24. The number of rotatable bonds is 4. The Morgan fingerprint density at radius 3 is 2.76 bits per heavy atom. The Kier molecular flexibility index (Phi) is 3.78. The molecular formula is C19H16N4O2. The van der Waals surface area contributed by atoms with E-state index < -0.39 is 0 Å². The van der Waals surface area contributed by atoms with Gasteiger partial charge in [-0.25, -0.2) is 14.8 Å². The molecule has 124 valence electrons. The summed E-state index contributed by atoms with van der Waals surface area (Å²) in [5, 5.41) is 0. The Morgan fingerprint density at radius 2 is 1.96 bits per heavy atom. The first-order chi connectivity index (χ1) is 12.2. The minimum atomic E-state index is -0.214. The van der Waals surface area contributed by atoms with Crippen LogP contribution in [0.15, 0.2) is 71.9 Å². The molecule has 0 N–H and O–H groups in total. The van der Waals surface area contributed by atoms with E-state index in [0.29, 0.717) is 23.8 Å². The Morgan fingerprint density at radius 1 is 1.12 bits per heavy atom. The predicted octanol–water partition coefficient (Wildman–Crippen LogP) is 2.77. The third-order valence-electron chi connectivity index (χ3n) is 3.85. The Hall–Kier alpha value is -3.41. The van der Waals surface area contributed by atoms with Crippen molar-refractivity contribution in [2.75, 3.05) is 0 Å². The highest BCUT2D eigenvalue weighted by molar-refractivity contribution is 5.40. The van der Waals surface area contributed by atoms with Crippen molar-refractivity contribution < 1.29 is 4.74 Å². The zero-order valence-electron chi connectivity index (χ0n) is 13.7. The Bertz CT molecular complexity index is 1080. The maximum atomic E-state index is 12.7. The second-order valence-corrected chi connectivity index (χ2v) is 5.72. The van der Waals surface area contributed by atoms with Crippen LogP contribution in [0.5, 0.6) is 5.75 Å². The van der Waals surface area contributed by atoms with E-state index >= 15 is 0 Å². The summed E-state index contributed by atoms with van der Waals surface area (Å²) in [4.78, 5) is 21.4. The number of pyridine rings is 1. The lowest BCUT2D eigenvalue weighted by atomic mass is 10.3. The molecule has 0 aliphatic carbocycles. The topological polar surface area (TPSA) is 61.4 Å². The van der Waals surface area contributed by atoms with E-state index in [-0.39, 0.29) is 5.69 Å². The van der Waals surface area contributed by atoms with Gasteiger partial charge in [-0.2, -0.15) is 0 Å².